The van der Waals surface area contributed by atoms with E-state index in [1.807, 2.05) is 25.1 Å². The van der Waals surface area contributed by atoms with Crippen LogP contribution in [0.4, 0.5) is 0 Å². The molecule has 73 heavy (non-hydrogen) atoms. The van der Waals surface area contributed by atoms with E-state index in [2.05, 4.69) is 0 Å². The molecule has 0 amide bonds. The zero-order valence-corrected chi connectivity index (χ0v) is 51.6. The number of ether oxygens (including phenoxy) is 18. The van der Waals surface area contributed by atoms with Gasteiger partial charge in [-0.15, -0.1) is 0 Å². The van der Waals surface area contributed by atoms with Crippen molar-refractivity contribution in [2.75, 3.05) is 236 Å². The van der Waals surface area contributed by atoms with E-state index in [9.17, 15) is 25.9 Å². The van der Waals surface area contributed by atoms with Gasteiger partial charge in [-0.05, 0) is 37.5 Å². The minimum Gasteiger partial charge on any atom is -0.748 e. The van der Waals surface area contributed by atoms with Crippen LogP contribution in [-0.2, 0) is 96.0 Å². The molecule has 0 unspecified atom stereocenters. The van der Waals surface area contributed by atoms with E-state index >= 15 is 0 Å². The van der Waals surface area contributed by atoms with Crippen molar-refractivity contribution < 1.29 is 214 Å². The zero-order valence-electron chi connectivity index (χ0n) is 43.7. The largest absolute Gasteiger partial charge is 1.00 e. The number of hydrogen-bond acceptors (Lipinski definition) is 24. The molecule has 0 aliphatic carbocycles. The summed E-state index contributed by atoms with van der Waals surface area (Å²) in [4.78, 5) is 0. The Labute approximate surface area is 519 Å². The van der Waals surface area contributed by atoms with Crippen LogP contribution in [0.5, 0.6) is 11.5 Å². The Morgan fingerprint density at radius 2 is 0.493 bits per heavy atom. The monoisotopic (exact) mass is 1150 g/mol. The molecule has 0 aliphatic heterocycles. The van der Waals surface area contributed by atoms with Crippen LogP contribution in [0.3, 0.4) is 0 Å². The predicted octanol–water partition coefficient (Wildman–Crippen LogP) is -5.10. The normalized spacial score (nSPS) is 11.7. The van der Waals surface area contributed by atoms with Crippen molar-refractivity contribution >= 4 is 20.2 Å². The predicted molar refractivity (Wildman–Crippen MR) is 254 cm³/mol. The summed E-state index contributed by atoms with van der Waals surface area (Å²) in [5.74, 6) is 0.414. The maximum Gasteiger partial charge on any atom is 1.00 e. The van der Waals surface area contributed by atoms with Crippen LogP contribution >= 0.6 is 0 Å². The fourth-order valence-electron chi connectivity index (χ4n) is 5.23. The molecular weight excluding hydrogens is 1070 g/mol. The second-order valence-electron chi connectivity index (χ2n) is 14.7. The summed E-state index contributed by atoms with van der Waals surface area (Å²) in [6, 6.07) is 5.75. The Kier molecular flexibility index (Phi) is 60.6. The maximum absolute atomic E-state index is 10.5. The van der Waals surface area contributed by atoms with Gasteiger partial charge < -0.3 is 94.4 Å². The molecule has 0 saturated carbocycles. The van der Waals surface area contributed by atoms with Gasteiger partial charge in [0, 0.05) is 24.7 Å². The third-order valence-electron chi connectivity index (χ3n) is 8.64. The molecule has 0 N–H and O–H groups in total. The first kappa shape index (κ1) is 76.3. The molecule has 1 aromatic rings. The molecule has 0 bridgehead atoms. The smallest absolute Gasteiger partial charge is 0.748 e. The molecule has 420 valence electrons. The number of benzene rings is 1. The molecule has 0 atom stereocenters. The summed E-state index contributed by atoms with van der Waals surface area (Å²) in [7, 11) is -8.38. The molecular formula is C45H82K2O24S2. The van der Waals surface area contributed by atoms with Crippen LogP contribution in [0.1, 0.15) is 18.4 Å². The van der Waals surface area contributed by atoms with E-state index in [1.54, 1.807) is 0 Å². The van der Waals surface area contributed by atoms with Crippen LogP contribution in [0.15, 0.2) is 18.2 Å². The SMILES string of the molecule is Cc1ccc(OCCOCCOCCOCCOCCOCCOCCOCCOCCCS(=O)(=O)[O-])c(OCCOCCOCCOCCOCCOCCOCCOCCOCCCS(=O)(=O)[O-])c1.[K+].[K+]. The van der Waals surface area contributed by atoms with Crippen molar-refractivity contribution in [3.63, 3.8) is 0 Å². The van der Waals surface area contributed by atoms with Crippen LogP contribution in [0, 0.1) is 6.92 Å². The van der Waals surface area contributed by atoms with Crippen molar-refractivity contribution in [3.05, 3.63) is 23.8 Å². The van der Waals surface area contributed by atoms with E-state index in [4.69, 9.17) is 85.3 Å². The van der Waals surface area contributed by atoms with Gasteiger partial charge in [0.1, 0.15) is 13.2 Å². The molecule has 24 nitrogen and oxygen atoms in total. The summed E-state index contributed by atoms with van der Waals surface area (Å²) in [5, 5.41) is 0. The van der Waals surface area contributed by atoms with E-state index < -0.39 is 31.7 Å². The Morgan fingerprint density at radius 1 is 0.301 bits per heavy atom. The minimum absolute atomic E-state index is 0. The van der Waals surface area contributed by atoms with Gasteiger partial charge >= 0.3 is 103 Å². The average Bonchev–Trinajstić information content (AvgIpc) is 3.33. The first-order chi connectivity index (χ1) is 34.6. The van der Waals surface area contributed by atoms with Gasteiger partial charge in [-0.1, -0.05) is 6.07 Å². The van der Waals surface area contributed by atoms with Gasteiger partial charge in [0.25, 0.3) is 0 Å². The molecule has 0 saturated heterocycles. The molecule has 28 heteroatoms. The number of hydrogen-bond donors (Lipinski definition) is 0. The third kappa shape index (κ3) is 60.8. The van der Waals surface area contributed by atoms with Gasteiger partial charge in [-0.25, -0.2) is 16.8 Å². The third-order valence-corrected chi connectivity index (χ3v) is 10.2. The van der Waals surface area contributed by atoms with Crippen LogP contribution in [0.25, 0.3) is 0 Å². The molecule has 1 aromatic carbocycles. The Hall–Kier alpha value is 1.27. The first-order valence-corrected chi connectivity index (χ1v) is 27.2. The van der Waals surface area contributed by atoms with Gasteiger partial charge in [0.2, 0.25) is 0 Å². The zero-order chi connectivity index (χ0) is 51.5. The molecule has 0 fully saturated rings. The second-order valence-corrected chi connectivity index (χ2v) is 17.7. The summed E-state index contributed by atoms with van der Waals surface area (Å²) in [5.41, 5.74) is 1.05. The molecule has 0 aliphatic rings. The summed E-state index contributed by atoms with van der Waals surface area (Å²) < 4.78 is 162. The van der Waals surface area contributed by atoms with Crippen LogP contribution in [0.2, 0.25) is 0 Å². The fraction of sp³-hybridized carbons (Fsp3) is 0.867. The summed E-state index contributed by atoms with van der Waals surface area (Å²) >= 11 is 0. The van der Waals surface area contributed by atoms with E-state index in [-0.39, 0.29) is 129 Å². The Bertz CT molecular complexity index is 1530. The van der Waals surface area contributed by atoms with Crippen molar-refractivity contribution in [1.82, 2.24) is 0 Å². The first-order valence-electron chi connectivity index (χ1n) is 24.0. The molecule has 1 rings (SSSR count). The van der Waals surface area contributed by atoms with Gasteiger partial charge in [0.15, 0.2) is 11.5 Å². The van der Waals surface area contributed by atoms with Crippen molar-refractivity contribution in [2.24, 2.45) is 0 Å². The maximum atomic E-state index is 10.5. The van der Waals surface area contributed by atoms with Gasteiger partial charge in [-0.2, -0.15) is 0 Å². The molecule has 0 heterocycles. The van der Waals surface area contributed by atoms with Crippen molar-refractivity contribution in [2.45, 2.75) is 19.8 Å². The fourth-order valence-corrected chi connectivity index (χ4v) is 6.17. The topological polar surface area (TPSA) is 281 Å². The van der Waals surface area contributed by atoms with E-state index in [0.29, 0.717) is 223 Å². The van der Waals surface area contributed by atoms with E-state index in [1.165, 1.54) is 0 Å². The van der Waals surface area contributed by atoms with Crippen LogP contribution in [-0.4, -0.2) is 262 Å². The van der Waals surface area contributed by atoms with Gasteiger partial charge in [0.05, 0.1) is 218 Å². The quantitative estimate of drug-likeness (QED) is 0.0335. The molecule has 0 spiro atoms. The number of aryl methyl sites for hydroxylation is 1. The standard InChI is InChI=1S/C45H84O24S2.2K/c1-43-4-5-44(68-38-36-66-34-32-64-30-28-62-26-24-60-22-20-58-18-16-56-14-12-54-10-8-52-6-2-40-70(46,47)48)45(42-43)69-39-37-67-35-33-65-31-29-63-27-25-61-23-21-59-19-17-57-15-13-55-11-9-53-7-3-41-71(49,50)51;;/h4-5,42H,2-3,6-41H2,1H3,(H,46,47,48)(H,49,50,51);;/q;2*+1/p-2. The second kappa shape index (κ2) is 57.9. The molecule has 0 radical (unpaired) electrons. The number of rotatable bonds is 58. The average molecular weight is 1150 g/mol. The Balaban J connectivity index is 0. The van der Waals surface area contributed by atoms with Crippen molar-refractivity contribution in [1.29, 1.82) is 0 Å². The van der Waals surface area contributed by atoms with Crippen molar-refractivity contribution in [3.8, 4) is 11.5 Å². The van der Waals surface area contributed by atoms with Gasteiger partial charge in [-0.3, -0.25) is 0 Å². The van der Waals surface area contributed by atoms with Crippen LogP contribution < -0.4 is 112 Å². The summed E-state index contributed by atoms with van der Waals surface area (Å²) in [6.45, 7) is 15.7. The summed E-state index contributed by atoms with van der Waals surface area (Å²) in [6.07, 6.45) is 0.345. The Morgan fingerprint density at radius 3 is 0.712 bits per heavy atom. The molecule has 0 aromatic heterocycles. The minimum atomic E-state index is -4.19. The van der Waals surface area contributed by atoms with E-state index in [0.717, 1.165) is 5.56 Å².